The van der Waals surface area contributed by atoms with Crippen molar-refractivity contribution in [2.45, 2.75) is 76.0 Å². The van der Waals surface area contributed by atoms with Gasteiger partial charge in [-0.3, -0.25) is 14.4 Å². The molecule has 2 aromatic carbocycles. The van der Waals surface area contributed by atoms with Gasteiger partial charge in [0.05, 0.1) is 31.2 Å². The molecule has 5 rings (SSSR count). The van der Waals surface area contributed by atoms with Crippen LogP contribution >= 0.6 is 0 Å². The lowest BCUT2D eigenvalue weighted by Gasteiger charge is -2.34. The van der Waals surface area contributed by atoms with E-state index in [2.05, 4.69) is 10.6 Å². The van der Waals surface area contributed by atoms with E-state index in [-0.39, 0.29) is 24.3 Å². The van der Waals surface area contributed by atoms with Gasteiger partial charge in [-0.1, -0.05) is 19.8 Å². The smallest absolute Gasteiger partial charge is 0.250 e. The monoisotopic (exact) mass is 593 g/mol. The van der Waals surface area contributed by atoms with Crippen LogP contribution in [0.25, 0.3) is 0 Å². The summed E-state index contributed by atoms with van der Waals surface area (Å²) in [5.74, 6) is -0.936. The van der Waals surface area contributed by atoms with E-state index in [9.17, 15) is 19.5 Å². The summed E-state index contributed by atoms with van der Waals surface area (Å²) in [6.45, 7) is 4.93. The van der Waals surface area contributed by atoms with E-state index in [1.807, 2.05) is 13.8 Å². The minimum absolute atomic E-state index is 0.124. The van der Waals surface area contributed by atoms with E-state index < -0.39 is 29.1 Å². The van der Waals surface area contributed by atoms with Crippen LogP contribution in [0.2, 0.25) is 0 Å². The third-order valence-electron chi connectivity index (χ3n) is 9.31. The number of rotatable bonds is 14. The van der Waals surface area contributed by atoms with Crippen LogP contribution in [0.1, 0.15) is 58.8 Å². The van der Waals surface area contributed by atoms with Gasteiger partial charge in [-0.15, -0.1) is 0 Å². The molecule has 3 aliphatic rings. The fraction of sp³-hybridized carbons (Fsp3) is 0.545. The molecule has 1 spiro atoms. The highest BCUT2D eigenvalue weighted by Crippen LogP contribution is 2.64. The summed E-state index contributed by atoms with van der Waals surface area (Å²) in [7, 11) is 1.58. The molecular weight excluding hydrogens is 550 g/mol. The SMILES string of the molecule is CCOc1ccc(NC(=O)[C@@H]2[C@H]3C(=O)N(CCCCCCO)C(C(=O)Nc4ccc(OC)cc4)C34CC[C@@]2(CC)O4)cc1. The second kappa shape index (κ2) is 12.9. The first-order valence-electron chi connectivity index (χ1n) is 15.4. The van der Waals surface area contributed by atoms with Gasteiger partial charge in [-0.2, -0.15) is 0 Å². The molecule has 43 heavy (non-hydrogen) atoms. The molecule has 0 aliphatic carbocycles. The Morgan fingerprint density at radius 2 is 1.56 bits per heavy atom. The average molecular weight is 594 g/mol. The Bertz CT molecular complexity index is 1300. The number of aliphatic hydroxyl groups excluding tert-OH is 1. The fourth-order valence-corrected chi connectivity index (χ4v) is 7.31. The molecule has 3 aliphatic heterocycles. The van der Waals surface area contributed by atoms with Crippen LogP contribution in [0.3, 0.4) is 0 Å². The van der Waals surface area contributed by atoms with E-state index >= 15 is 0 Å². The number of carbonyl (C=O) groups is 3. The van der Waals surface area contributed by atoms with E-state index in [1.54, 1.807) is 60.5 Å². The molecule has 0 aromatic heterocycles. The molecule has 0 saturated carbocycles. The van der Waals surface area contributed by atoms with Crippen molar-refractivity contribution in [1.29, 1.82) is 0 Å². The summed E-state index contributed by atoms with van der Waals surface area (Å²) in [4.78, 5) is 44.0. The molecule has 10 nitrogen and oxygen atoms in total. The minimum atomic E-state index is -1.10. The zero-order chi connectivity index (χ0) is 30.6. The van der Waals surface area contributed by atoms with Gasteiger partial charge in [0, 0.05) is 24.5 Å². The van der Waals surface area contributed by atoms with Crippen molar-refractivity contribution in [2.75, 3.05) is 37.5 Å². The number of nitrogens with zero attached hydrogens (tertiary/aromatic N) is 1. The molecule has 5 atom stereocenters. The van der Waals surface area contributed by atoms with Crippen molar-refractivity contribution in [2.24, 2.45) is 11.8 Å². The summed E-state index contributed by atoms with van der Waals surface area (Å²) in [5, 5.41) is 15.2. The molecule has 2 unspecified atom stereocenters. The average Bonchev–Trinajstić information content (AvgIpc) is 3.62. The van der Waals surface area contributed by atoms with Crippen molar-refractivity contribution in [3.8, 4) is 11.5 Å². The summed E-state index contributed by atoms with van der Waals surface area (Å²) in [6.07, 6.45) is 4.68. The molecule has 3 heterocycles. The molecular formula is C33H43N3O7. The topological polar surface area (TPSA) is 126 Å². The first-order valence-corrected chi connectivity index (χ1v) is 15.4. The summed E-state index contributed by atoms with van der Waals surface area (Å²) in [6, 6.07) is 13.3. The quantitative estimate of drug-likeness (QED) is 0.278. The number of aliphatic hydroxyl groups is 1. The second-order valence-corrected chi connectivity index (χ2v) is 11.7. The molecule has 0 radical (unpaired) electrons. The summed E-state index contributed by atoms with van der Waals surface area (Å²) in [5.41, 5.74) is -0.739. The normalized spacial score (nSPS) is 27.2. The third kappa shape index (κ3) is 5.70. The Kier molecular flexibility index (Phi) is 9.27. The first kappa shape index (κ1) is 30.8. The molecule has 232 valence electrons. The highest BCUT2D eigenvalue weighted by atomic mass is 16.5. The zero-order valence-electron chi connectivity index (χ0n) is 25.3. The lowest BCUT2D eigenvalue weighted by molar-refractivity contribution is -0.144. The van der Waals surface area contributed by atoms with Crippen molar-refractivity contribution < 1.29 is 33.7 Å². The number of hydrogen-bond acceptors (Lipinski definition) is 7. The van der Waals surface area contributed by atoms with Gasteiger partial charge >= 0.3 is 0 Å². The number of methoxy groups -OCH3 is 1. The van der Waals surface area contributed by atoms with Gasteiger partial charge in [-0.05, 0) is 87.6 Å². The van der Waals surface area contributed by atoms with Crippen LogP contribution in [0.15, 0.2) is 48.5 Å². The van der Waals surface area contributed by atoms with Crippen molar-refractivity contribution >= 4 is 29.1 Å². The first-order chi connectivity index (χ1) is 20.8. The van der Waals surface area contributed by atoms with E-state index in [1.165, 1.54) is 0 Å². The number of likely N-dealkylation sites (tertiary alicyclic amines) is 1. The number of hydrogen-bond donors (Lipinski definition) is 3. The number of nitrogens with one attached hydrogen (secondary N) is 2. The summed E-state index contributed by atoms with van der Waals surface area (Å²) < 4.78 is 17.6. The summed E-state index contributed by atoms with van der Waals surface area (Å²) >= 11 is 0. The standard InChI is InChI=1S/C33H43N3O7/c1-4-32-18-19-33(43-32)27(26(32)29(38)34-22-12-16-25(17-13-22)42-5-2)31(40)36(20-8-6-7-9-21-37)28(33)30(39)35-23-10-14-24(41-3)15-11-23/h10-17,26-28,37H,4-9,18-21H2,1-3H3,(H,34,38)(H,35,39)/t26-,27-,28?,32+,33?/m0/s1. The Labute approximate surface area is 253 Å². The van der Waals surface area contributed by atoms with Crippen LogP contribution in [0.4, 0.5) is 11.4 Å². The predicted octanol–water partition coefficient (Wildman–Crippen LogP) is 4.38. The van der Waals surface area contributed by atoms with Gasteiger partial charge in [0.15, 0.2) is 0 Å². The lowest BCUT2D eigenvalue weighted by atomic mass is 9.65. The highest BCUT2D eigenvalue weighted by molar-refractivity contribution is 6.05. The maximum Gasteiger partial charge on any atom is 0.250 e. The van der Waals surface area contributed by atoms with Gasteiger partial charge in [0.2, 0.25) is 17.7 Å². The van der Waals surface area contributed by atoms with Crippen molar-refractivity contribution in [1.82, 2.24) is 4.90 Å². The Hall–Kier alpha value is -3.63. The third-order valence-corrected chi connectivity index (χ3v) is 9.31. The molecule has 3 fully saturated rings. The molecule has 2 aromatic rings. The highest BCUT2D eigenvalue weighted by Gasteiger charge is 2.78. The van der Waals surface area contributed by atoms with E-state index in [0.29, 0.717) is 68.1 Å². The number of unbranched alkanes of at least 4 members (excludes halogenated alkanes) is 3. The number of fused-ring (bicyclic) bond motifs is 1. The van der Waals surface area contributed by atoms with Crippen LogP contribution in [-0.2, 0) is 19.1 Å². The number of benzene rings is 2. The Balaban J connectivity index is 1.44. The maximum absolute atomic E-state index is 14.3. The van der Waals surface area contributed by atoms with Gasteiger partial charge < -0.3 is 34.9 Å². The van der Waals surface area contributed by atoms with Gasteiger partial charge in [0.1, 0.15) is 23.1 Å². The largest absolute Gasteiger partial charge is 0.497 e. The Morgan fingerprint density at radius 3 is 2.16 bits per heavy atom. The van der Waals surface area contributed by atoms with E-state index in [4.69, 9.17) is 14.2 Å². The zero-order valence-corrected chi connectivity index (χ0v) is 25.3. The maximum atomic E-state index is 14.3. The Morgan fingerprint density at radius 1 is 0.930 bits per heavy atom. The van der Waals surface area contributed by atoms with Gasteiger partial charge in [-0.25, -0.2) is 0 Å². The fourth-order valence-electron chi connectivity index (χ4n) is 7.31. The number of ether oxygens (including phenoxy) is 3. The minimum Gasteiger partial charge on any atom is -0.497 e. The van der Waals surface area contributed by atoms with Crippen molar-refractivity contribution in [3.63, 3.8) is 0 Å². The molecule has 2 bridgehead atoms. The number of amides is 3. The lowest BCUT2D eigenvalue weighted by Crippen LogP contribution is -2.53. The van der Waals surface area contributed by atoms with Crippen LogP contribution < -0.4 is 20.1 Å². The second-order valence-electron chi connectivity index (χ2n) is 11.7. The molecule has 3 N–H and O–H groups in total. The van der Waals surface area contributed by atoms with Crippen molar-refractivity contribution in [3.05, 3.63) is 48.5 Å². The van der Waals surface area contributed by atoms with E-state index in [0.717, 1.165) is 12.8 Å². The molecule has 3 saturated heterocycles. The number of anilines is 2. The van der Waals surface area contributed by atoms with Crippen LogP contribution in [0.5, 0.6) is 11.5 Å². The van der Waals surface area contributed by atoms with Crippen LogP contribution in [-0.4, -0.2) is 71.8 Å². The molecule has 10 heteroatoms. The molecule has 3 amide bonds. The van der Waals surface area contributed by atoms with Crippen LogP contribution in [0, 0.1) is 11.8 Å². The van der Waals surface area contributed by atoms with Gasteiger partial charge in [0.25, 0.3) is 0 Å². The predicted molar refractivity (Wildman–Crippen MR) is 162 cm³/mol. The number of carbonyl (C=O) groups excluding carboxylic acids is 3.